The molecule has 0 atom stereocenters. The van der Waals surface area contributed by atoms with Gasteiger partial charge in [-0.05, 0) is 36.4 Å². The summed E-state index contributed by atoms with van der Waals surface area (Å²) >= 11 is 0. The Hall–Kier alpha value is -2.72. The van der Waals surface area contributed by atoms with Crippen LogP contribution >= 0.6 is 0 Å². The second-order valence-electron chi connectivity index (χ2n) is 6.34. The summed E-state index contributed by atoms with van der Waals surface area (Å²) in [5.41, 5.74) is 0.863. The zero-order valence-corrected chi connectivity index (χ0v) is 16.0. The van der Waals surface area contributed by atoms with Gasteiger partial charge < -0.3 is 13.7 Å². The number of aromatic nitrogens is 2. The standard InChI is InChI=1S/C18H19FN4O4S/c1-2-16-20-21-18(27-16)15-7-8-17(26-15)28(24,25)23-11-9-22(10-12-23)14-5-3-13(19)4-6-14/h3-8H,2,9-12H2,1H3. The van der Waals surface area contributed by atoms with E-state index < -0.39 is 10.0 Å². The Labute approximate surface area is 161 Å². The van der Waals surface area contributed by atoms with Crippen LogP contribution in [0.4, 0.5) is 10.1 Å². The van der Waals surface area contributed by atoms with Crippen LogP contribution in [0.1, 0.15) is 12.8 Å². The van der Waals surface area contributed by atoms with Gasteiger partial charge in [-0.15, -0.1) is 10.2 Å². The highest BCUT2D eigenvalue weighted by atomic mass is 32.2. The lowest BCUT2D eigenvalue weighted by Crippen LogP contribution is -2.48. The number of nitrogens with zero attached hydrogens (tertiary/aromatic N) is 4. The Bertz CT molecular complexity index is 1050. The third-order valence-electron chi connectivity index (χ3n) is 4.59. The molecule has 3 heterocycles. The van der Waals surface area contributed by atoms with Gasteiger partial charge >= 0.3 is 0 Å². The summed E-state index contributed by atoms with van der Waals surface area (Å²) in [4.78, 5) is 2.02. The van der Waals surface area contributed by atoms with Gasteiger partial charge in [0.2, 0.25) is 11.0 Å². The molecule has 0 bridgehead atoms. The SMILES string of the molecule is CCc1nnc(-c2ccc(S(=O)(=O)N3CCN(c4ccc(F)cc4)CC3)o2)o1. The lowest BCUT2D eigenvalue weighted by atomic mass is 10.2. The lowest BCUT2D eigenvalue weighted by molar-refractivity contribution is 0.361. The summed E-state index contributed by atoms with van der Waals surface area (Å²) < 4.78 is 51.1. The molecule has 148 valence electrons. The number of sulfonamides is 1. The first-order valence-electron chi connectivity index (χ1n) is 8.90. The van der Waals surface area contributed by atoms with Crippen molar-refractivity contribution in [2.45, 2.75) is 18.4 Å². The number of anilines is 1. The number of hydrogen-bond donors (Lipinski definition) is 0. The minimum absolute atomic E-state index is 0.152. The maximum atomic E-state index is 13.1. The van der Waals surface area contributed by atoms with Crippen LogP contribution in [0, 0.1) is 5.82 Å². The molecule has 28 heavy (non-hydrogen) atoms. The highest BCUT2D eigenvalue weighted by molar-refractivity contribution is 7.89. The second kappa shape index (κ2) is 7.36. The molecule has 0 aliphatic carbocycles. The van der Waals surface area contributed by atoms with E-state index in [1.807, 2.05) is 11.8 Å². The summed E-state index contributed by atoms with van der Waals surface area (Å²) in [7, 11) is -3.77. The molecule has 2 aromatic heterocycles. The number of piperazine rings is 1. The average molecular weight is 406 g/mol. The van der Waals surface area contributed by atoms with Crippen molar-refractivity contribution in [1.82, 2.24) is 14.5 Å². The molecular formula is C18H19FN4O4S. The predicted octanol–water partition coefficient (Wildman–Crippen LogP) is 2.54. The average Bonchev–Trinajstić information content (AvgIpc) is 3.38. The van der Waals surface area contributed by atoms with Gasteiger partial charge in [0.05, 0.1) is 0 Å². The Morgan fingerprint density at radius 2 is 1.71 bits per heavy atom. The normalized spacial score (nSPS) is 15.9. The van der Waals surface area contributed by atoms with Crippen molar-refractivity contribution in [3.8, 4) is 11.7 Å². The number of rotatable bonds is 5. The van der Waals surface area contributed by atoms with Crippen molar-refractivity contribution in [2.75, 3.05) is 31.1 Å². The third-order valence-corrected chi connectivity index (χ3v) is 6.36. The minimum atomic E-state index is -3.77. The van der Waals surface area contributed by atoms with Crippen molar-refractivity contribution in [3.63, 3.8) is 0 Å². The summed E-state index contributed by atoms with van der Waals surface area (Å²) in [5, 5.41) is 7.55. The van der Waals surface area contributed by atoms with E-state index in [1.54, 1.807) is 12.1 Å². The van der Waals surface area contributed by atoms with E-state index in [1.165, 1.54) is 28.6 Å². The zero-order chi connectivity index (χ0) is 19.7. The van der Waals surface area contributed by atoms with Gasteiger partial charge in [-0.3, -0.25) is 0 Å². The fraction of sp³-hybridized carbons (Fsp3) is 0.333. The molecule has 1 fully saturated rings. The summed E-state index contributed by atoms with van der Waals surface area (Å²) in [6.07, 6.45) is 0.581. The topological polar surface area (TPSA) is 92.7 Å². The first kappa shape index (κ1) is 18.6. The molecule has 0 unspecified atom stereocenters. The van der Waals surface area contributed by atoms with Crippen LogP contribution in [0.3, 0.4) is 0 Å². The van der Waals surface area contributed by atoms with E-state index in [0.29, 0.717) is 38.5 Å². The number of hydrogen-bond acceptors (Lipinski definition) is 7. The van der Waals surface area contributed by atoms with E-state index in [-0.39, 0.29) is 22.6 Å². The van der Waals surface area contributed by atoms with Crippen molar-refractivity contribution in [2.24, 2.45) is 0 Å². The zero-order valence-electron chi connectivity index (χ0n) is 15.2. The van der Waals surface area contributed by atoms with Gasteiger partial charge in [-0.2, -0.15) is 4.31 Å². The number of aryl methyl sites for hydroxylation is 1. The van der Waals surface area contributed by atoms with E-state index in [4.69, 9.17) is 8.83 Å². The van der Waals surface area contributed by atoms with Crippen molar-refractivity contribution in [3.05, 3.63) is 48.1 Å². The van der Waals surface area contributed by atoms with Crippen LogP contribution in [0.25, 0.3) is 11.7 Å². The molecule has 1 aliphatic heterocycles. The molecule has 0 N–H and O–H groups in total. The van der Waals surface area contributed by atoms with E-state index in [2.05, 4.69) is 10.2 Å². The molecule has 10 heteroatoms. The Balaban J connectivity index is 1.46. The van der Waals surface area contributed by atoms with Gasteiger partial charge in [-0.25, -0.2) is 12.8 Å². The number of benzene rings is 1. The summed E-state index contributed by atoms with van der Waals surface area (Å²) in [6.45, 7) is 3.48. The molecule has 1 saturated heterocycles. The van der Waals surface area contributed by atoms with Crippen LogP contribution in [0.5, 0.6) is 0 Å². The number of furan rings is 1. The van der Waals surface area contributed by atoms with Gasteiger partial charge in [0, 0.05) is 38.3 Å². The van der Waals surface area contributed by atoms with Crippen molar-refractivity contribution < 1.29 is 21.6 Å². The number of halogens is 1. The summed E-state index contributed by atoms with van der Waals surface area (Å²) in [6, 6.07) is 9.07. The molecule has 1 aliphatic rings. The fourth-order valence-electron chi connectivity index (χ4n) is 3.04. The second-order valence-corrected chi connectivity index (χ2v) is 8.21. The molecule has 0 amide bonds. The minimum Gasteiger partial charge on any atom is -0.438 e. The van der Waals surface area contributed by atoms with Gasteiger partial charge in [0.15, 0.2) is 5.76 Å². The highest BCUT2D eigenvalue weighted by Crippen LogP contribution is 2.27. The van der Waals surface area contributed by atoms with Crippen LogP contribution < -0.4 is 4.90 Å². The maximum absolute atomic E-state index is 13.1. The first-order chi connectivity index (χ1) is 13.5. The first-order valence-corrected chi connectivity index (χ1v) is 10.3. The van der Waals surface area contributed by atoms with Gasteiger partial charge in [-0.1, -0.05) is 6.92 Å². The van der Waals surface area contributed by atoms with Crippen LogP contribution in [0.15, 0.2) is 50.3 Å². The quantitative estimate of drug-likeness (QED) is 0.643. The van der Waals surface area contributed by atoms with Crippen LogP contribution in [-0.4, -0.2) is 49.1 Å². The molecule has 8 nitrogen and oxygen atoms in total. The molecule has 0 radical (unpaired) electrons. The predicted molar refractivity (Wildman–Crippen MR) is 98.7 cm³/mol. The molecule has 3 aromatic rings. The third kappa shape index (κ3) is 3.52. The van der Waals surface area contributed by atoms with Crippen molar-refractivity contribution >= 4 is 15.7 Å². The van der Waals surface area contributed by atoms with Crippen LogP contribution in [-0.2, 0) is 16.4 Å². The van der Waals surface area contributed by atoms with Gasteiger partial charge in [0.1, 0.15) is 5.82 Å². The maximum Gasteiger partial charge on any atom is 0.283 e. The smallest absolute Gasteiger partial charge is 0.283 e. The molecule has 0 spiro atoms. The monoisotopic (exact) mass is 406 g/mol. The molecular weight excluding hydrogens is 387 g/mol. The largest absolute Gasteiger partial charge is 0.438 e. The molecule has 4 rings (SSSR count). The summed E-state index contributed by atoms with van der Waals surface area (Å²) in [5.74, 6) is 0.522. The van der Waals surface area contributed by atoms with Gasteiger partial charge in [0.25, 0.3) is 15.9 Å². The van der Waals surface area contributed by atoms with E-state index >= 15 is 0 Å². The Morgan fingerprint density at radius 3 is 2.36 bits per heavy atom. The molecule has 0 saturated carbocycles. The van der Waals surface area contributed by atoms with E-state index in [9.17, 15) is 12.8 Å². The van der Waals surface area contributed by atoms with Crippen molar-refractivity contribution in [1.29, 1.82) is 0 Å². The van der Waals surface area contributed by atoms with E-state index in [0.717, 1.165) is 5.69 Å². The fourth-order valence-corrected chi connectivity index (χ4v) is 4.37. The highest BCUT2D eigenvalue weighted by Gasteiger charge is 2.31. The molecule has 1 aromatic carbocycles. The lowest BCUT2D eigenvalue weighted by Gasteiger charge is -2.34. The Kier molecular flexibility index (Phi) is 4.90. The Morgan fingerprint density at radius 1 is 1.00 bits per heavy atom. The van der Waals surface area contributed by atoms with Crippen LogP contribution in [0.2, 0.25) is 0 Å².